The minimum Gasteiger partial charge on any atom is -0.306 e. The molecule has 0 bridgehead atoms. The van der Waals surface area contributed by atoms with E-state index in [9.17, 15) is 4.79 Å². The number of nitrogens with zero attached hydrogens (tertiary/aromatic N) is 1. The quantitative estimate of drug-likeness (QED) is 0.508. The van der Waals surface area contributed by atoms with Crippen LogP contribution in [0.3, 0.4) is 0 Å². The molecule has 2 heteroatoms. The third-order valence-corrected chi connectivity index (χ3v) is 3.84. The fourth-order valence-corrected chi connectivity index (χ4v) is 2.81. The molecule has 4 rings (SSSR count). The summed E-state index contributed by atoms with van der Waals surface area (Å²) in [6.07, 6.45) is 0. The molecule has 0 saturated heterocycles. The molecule has 0 amide bonds. The number of aromatic nitrogens is 1. The molecule has 0 aliphatic rings. The van der Waals surface area contributed by atoms with E-state index in [1.165, 1.54) is 5.56 Å². The predicted octanol–water partition coefficient (Wildman–Crippen LogP) is 3.87. The number of aryl methyl sites for hydroxylation is 1. The molecule has 0 spiro atoms. The van der Waals surface area contributed by atoms with Crippen molar-refractivity contribution in [3.05, 3.63) is 76.5 Å². The maximum absolute atomic E-state index is 12.3. The minimum atomic E-state index is 0.0647. The van der Waals surface area contributed by atoms with E-state index in [2.05, 4.69) is 43.3 Å². The molecule has 96 valence electrons. The van der Waals surface area contributed by atoms with E-state index in [0.717, 1.165) is 27.7 Å². The first-order chi connectivity index (χ1) is 9.74. The Labute approximate surface area is 116 Å². The Morgan fingerprint density at radius 2 is 1.65 bits per heavy atom. The SMILES string of the molecule is Cc1ccc(-c2cc(=O)c3cccc4ccc2n43)cc1. The van der Waals surface area contributed by atoms with Crippen molar-refractivity contribution < 1.29 is 0 Å². The molecule has 4 aromatic rings. The van der Waals surface area contributed by atoms with Crippen LogP contribution in [0.15, 0.2) is 65.5 Å². The van der Waals surface area contributed by atoms with Gasteiger partial charge in [0, 0.05) is 11.1 Å². The van der Waals surface area contributed by atoms with Crippen LogP contribution < -0.4 is 5.43 Å². The molecule has 0 unspecified atom stereocenters. The van der Waals surface area contributed by atoms with Crippen LogP contribution in [0.1, 0.15) is 5.56 Å². The molecular formula is C18H13NO. The van der Waals surface area contributed by atoms with Gasteiger partial charge >= 0.3 is 0 Å². The van der Waals surface area contributed by atoms with E-state index in [0.29, 0.717) is 0 Å². The number of hydrogen-bond acceptors (Lipinski definition) is 1. The van der Waals surface area contributed by atoms with E-state index >= 15 is 0 Å². The minimum absolute atomic E-state index is 0.0647. The van der Waals surface area contributed by atoms with Crippen LogP contribution in [0.25, 0.3) is 27.7 Å². The molecule has 0 aliphatic carbocycles. The zero-order valence-corrected chi connectivity index (χ0v) is 11.1. The highest BCUT2D eigenvalue weighted by molar-refractivity contribution is 5.87. The summed E-state index contributed by atoms with van der Waals surface area (Å²) in [6.45, 7) is 2.06. The Morgan fingerprint density at radius 1 is 0.850 bits per heavy atom. The van der Waals surface area contributed by atoms with Crippen LogP contribution in [-0.4, -0.2) is 4.40 Å². The molecule has 0 aliphatic heterocycles. The summed E-state index contributed by atoms with van der Waals surface area (Å²) in [6, 6.07) is 20.0. The standard InChI is InChI=1S/C18H13NO/c1-12-5-7-13(8-6-12)15-11-18(20)17-4-2-3-14-9-10-16(15)19(14)17/h2-11H,1H3. The van der Waals surface area contributed by atoms with Crippen molar-refractivity contribution in [3.8, 4) is 11.1 Å². The largest absolute Gasteiger partial charge is 0.306 e. The van der Waals surface area contributed by atoms with Crippen molar-refractivity contribution >= 4 is 16.6 Å². The van der Waals surface area contributed by atoms with Gasteiger partial charge in [0.1, 0.15) is 0 Å². The van der Waals surface area contributed by atoms with Gasteiger partial charge in [-0.25, -0.2) is 0 Å². The molecule has 3 aromatic heterocycles. The third kappa shape index (κ3) is 1.48. The Hall–Kier alpha value is -2.61. The number of pyridine rings is 2. The molecule has 0 radical (unpaired) electrons. The molecule has 3 heterocycles. The highest BCUT2D eigenvalue weighted by atomic mass is 16.1. The summed E-state index contributed by atoms with van der Waals surface area (Å²) < 4.78 is 2.04. The first-order valence-corrected chi connectivity index (χ1v) is 6.68. The first-order valence-electron chi connectivity index (χ1n) is 6.68. The lowest BCUT2D eigenvalue weighted by Crippen LogP contribution is -2.06. The lowest BCUT2D eigenvalue weighted by molar-refractivity contribution is 1.29. The van der Waals surface area contributed by atoms with Gasteiger partial charge in [-0.3, -0.25) is 4.79 Å². The molecule has 0 saturated carbocycles. The summed E-state index contributed by atoms with van der Waals surface area (Å²) in [7, 11) is 0. The molecular weight excluding hydrogens is 246 g/mol. The van der Waals surface area contributed by atoms with E-state index in [1.807, 2.05) is 22.6 Å². The first kappa shape index (κ1) is 11.2. The fraction of sp³-hybridized carbons (Fsp3) is 0.0556. The van der Waals surface area contributed by atoms with Crippen LogP contribution in [0, 0.1) is 6.92 Å². The van der Waals surface area contributed by atoms with Gasteiger partial charge in [-0.1, -0.05) is 35.9 Å². The highest BCUT2D eigenvalue weighted by Gasteiger charge is 2.10. The van der Waals surface area contributed by atoms with Gasteiger partial charge in [-0.2, -0.15) is 0 Å². The number of rotatable bonds is 1. The smallest absolute Gasteiger partial charge is 0.203 e. The summed E-state index contributed by atoms with van der Waals surface area (Å²) in [5.74, 6) is 0. The van der Waals surface area contributed by atoms with Crippen molar-refractivity contribution in [2.75, 3.05) is 0 Å². The third-order valence-electron chi connectivity index (χ3n) is 3.84. The van der Waals surface area contributed by atoms with Crippen molar-refractivity contribution in [2.45, 2.75) is 6.92 Å². The van der Waals surface area contributed by atoms with Gasteiger partial charge in [0.15, 0.2) is 0 Å². The Morgan fingerprint density at radius 3 is 2.45 bits per heavy atom. The van der Waals surface area contributed by atoms with Gasteiger partial charge in [-0.15, -0.1) is 0 Å². The second-order valence-electron chi connectivity index (χ2n) is 5.18. The number of benzene rings is 1. The zero-order valence-electron chi connectivity index (χ0n) is 11.1. The van der Waals surface area contributed by atoms with Crippen LogP contribution in [0.2, 0.25) is 0 Å². The van der Waals surface area contributed by atoms with Gasteiger partial charge in [0.05, 0.1) is 11.0 Å². The normalized spacial score (nSPS) is 11.4. The van der Waals surface area contributed by atoms with Gasteiger partial charge in [-0.05, 0) is 42.8 Å². The van der Waals surface area contributed by atoms with Crippen molar-refractivity contribution in [1.82, 2.24) is 4.40 Å². The van der Waals surface area contributed by atoms with Crippen LogP contribution in [-0.2, 0) is 0 Å². The Balaban J connectivity index is 2.15. The Kier molecular flexibility index (Phi) is 2.21. The van der Waals surface area contributed by atoms with E-state index in [1.54, 1.807) is 6.07 Å². The topological polar surface area (TPSA) is 21.5 Å². The van der Waals surface area contributed by atoms with E-state index in [-0.39, 0.29) is 5.43 Å². The molecule has 0 fully saturated rings. The molecule has 2 nitrogen and oxygen atoms in total. The monoisotopic (exact) mass is 259 g/mol. The molecule has 0 atom stereocenters. The van der Waals surface area contributed by atoms with E-state index in [4.69, 9.17) is 0 Å². The summed E-state index contributed by atoms with van der Waals surface area (Å²) in [5.41, 5.74) is 6.24. The summed E-state index contributed by atoms with van der Waals surface area (Å²) in [4.78, 5) is 12.3. The molecule has 0 N–H and O–H groups in total. The van der Waals surface area contributed by atoms with Gasteiger partial charge in [0.25, 0.3) is 0 Å². The van der Waals surface area contributed by atoms with Crippen LogP contribution >= 0.6 is 0 Å². The lowest BCUT2D eigenvalue weighted by atomic mass is 10.0. The fourth-order valence-electron chi connectivity index (χ4n) is 2.81. The van der Waals surface area contributed by atoms with Crippen molar-refractivity contribution in [2.24, 2.45) is 0 Å². The zero-order chi connectivity index (χ0) is 13.7. The summed E-state index contributed by atoms with van der Waals surface area (Å²) >= 11 is 0. The lowest BCUT2D eigenvalue weighted by Gasteiger charge is -2.08. The Bertz CT molecular complexity index is 964. The predicted molar refractivity (Wildman–Crippen MR) is 82.5 cm³/mol. The average molecular weight is 259 g/mol. The maximum atomic E-state index is 12.3. The number of hydrogen-bond donors (Lipinski definition) is 0. The molecule has 1 aromatic carbocycles. The van der Waals surface area contributed by atoms with E-state index < -0.39 is 0 Å². The average Bonchev–Trinajstić information content (AvgIpc) is 2.89. The van der Waals surface area contributed by atoms with Crippen LogP contribution in [0.5, 0.6) is 0 Å². The second kappa shape index (κ2) is 3.94. The van der Waals surface area contributed by atoms with Gasteiger partial charge in [0.2, 0.25) is 5.43 Å². The highest BCUT2D eigenvalue weighted by Crippen LogP contribution is 2.27. The maximum Gasteiger partial charge on any atom is 0.203 e. The van der Waals surface area contributed by atoms with Crippen molar-refractivity contribution in [3.63, 3.8) is 0 Å². The van der Waals surface area contributed by atoms with Gasteiger partial charge < -0.3 is 4.40 Å². The summed E-state index contributed by atoms with van der Waals surface area (Å²) in [5, 5.41) is 0. The van der Waals surface area contributed by atoms with Crippen molar-refractivity contribution in [1.29, 1.82) is 0 Å². The van der Waals surface area contributed by atoms with Crippen LogP contribution in [0.4, 0.5) is 0 Å². The molecule has 20 heavy (non-hydrogen) atoms. The second-order valence-corrected chi connectivity index (χ2v) is 5.18.